The minimum absolute atomic E-state index is 0.113. The van der Waals surface area contributed by atoms with E-state index < -0.39 is 12.1 Å². The zero-order chi connectivity index (χ0) is 51.4. The lowest BCUT2D eigenvalue weighted by Crippen LogP contribution is -2.30. The Kier molecular flexibility index (Phi) is 54.9. The number of rotatable bonds is 51. The number of hydrogen-bond acceptors (Lipinski definition) is 6. The fraction of sp³-hybridized carbons (Fsp3) is 0.646. The van der Waals surface area contributed by atoms with Crippen molar-refractivity contribution in [1.29, 1.82) is 0 Å². The Labute approximate surface area is 437 Å². The molecule has 0 fully saturated rings. The van der Waals surface area contributed by atoms with Gasteiger partial charge in [0.2, 0.25) is 0 Å². The van der Waals surface area contributed by atoms with Gasteiger partial charge in [0, 0.05) is 19.3 Å². The average Bonchev–Trinajstić information content (AvgIpc) is 3.37. The Morgan fingerprint density at radius 1 is 0.296 bits per heavy atom. The van der Waals surface area contributed by atoms with Crippen molar-refractivity contribution >= 4 is 17.9 Å². The summed E-state index contributed by atoms with van der Waals surface area (Å²) >= 11 is 0. The van der Waals surface area contributed by atoms with Crippen LogP contribution in [0.4, 0.5) is 0 Å². The van der Waals surface area contributed by atoms with E-state index in [1.807, 2.05) is 12.2 Å². The van der Waals surface area contributed by atoms with Crippen molar-refractivity contribution in [2.24, 2.45) is 0 Å². The van der Waals surface area contributed by atoms with Crippen LogP contribution < -0.4 is 0 Å². The van der Waals surface area contributed by atoms with Crippen molar-refractivity contribution in [2.75, 3.05) is 13.2 Å². The SMILES string of the molecule is CC/C=C\C/C=C\C/C=C\C/C=C\C/C=C\CCCCCCCCCCCCCC(=O)OCC(COC(=O)CCCCCCC/C=C\CCCCCC)OC(=O)CC/C=C\C/C=C\C/C=C\C/C=C\CC. The third kappa shape index (κ3) is 56.6. The summed E-state index contributed by atoms with van der Waals surface area (Å²) in [6, 6.07) is 0. The van der Waals surface area contributed by atoms with Gasteiger partial charge in [-0.1, -0.05) is 239 Å². The van der Waals surface area contributed by atoms with Gasteiger partial charge >= 0.3 is 17.9 Å². The molecule has 0 amide bonds. The summed E-state index contributed by atoms with van der Waals surface area (Å²) in [5, 5.41) is 0. The van der Waals surface area contributed by atoms with Gasteiger partial charge in [0.1, 0.15) is 13.2 Å². The summed E-state index contributed by atoms with van der Waals surface area (Å²) in [7, 11) is 0. The first-order chi connectivity index (χ1) is 35.0. The van der Waals surface area contributed by atoms with Gasteiger partial charge in [0.15, 0.2) is 6.10 Å². The summed E-state index contributed by atoms with van der Waals surface area (Å²) in [5.74, 6) is -1.01. The van der Waals surface area contributed by atoms with Gasteiger partial charge in [0.25, 0.3) is 0 Å². The van der Waals surface area contributed by atoms with E-state index in [0.29, 0.717) is 19.3 Å². The van der Waals surface area contributed by atoms with Crippen LogP contribution in [0.15, 0.2) is 122 Å². The average molecular weight is 984 g/mol. The van der Waals surface area contributed by atoms with Crippen molar-refractivity contribution in [3.63, 3.8) is 0 Å². The lowest BCUT2D eigenvalue weighted by molar-refractivity contribution is -0.166. The zero-order valence-corrected chi connectivity index (χ0v) is 45.9. The Morgan fingerprint density at radius 3 is 0.930 bits per heavy atom. The molecule has 1 atom stereocenters. The summed E-state index contributed by atoms with van der Waals surface area (Å²) in [6.45, 7) is 6.32. The fourth-order valence-electron chi connectivity index (χ4n) is 7.65. The predicted octanol–water partition coefficient (Wildman–Crippen LogP) is 19.6. The number of unbranched alkanes of at least 4 members (excludes halogenated alkanes) is 20. The van der Waals surface area contributed by atoms with Crippen LogP contribution >= 0.6 is 0 Å². The fourth-order valence-corrected chi connectivity index (χ4v) is 7.65. The third-order valence-electron chi connectivity index (χ3n) is 11.9. The van der Waals surface area contributed by atoms with E-state index in [0.717, 1.165) is 109 Å². The van der Waals surface area contributed by atoms with Gasteiger partial charge in [-0.15, -0.1) is 0 Å². The minimum atomic E-state index is -0.823. The van der Waals surface area contributed by atoms with Crippen molar-refractivity contribution in [3.05, 3.63) is 122 Å². The molecule has 0 aliphatic carbocycles. The molecule has 0 spiro atoms. The second kappa shape index (κ2) is 58.4. The van der Waals surface area contributed by atoms with E-state index in [9.17, 15) is 14.4 Å². The molecule has 0 saturated heterocycles. The van der Waals surface area contributed by atoms with E-state index in [-0.39, 0.29) is 31.6 Å². The normalized spacial score (nSPS) is 13.0. The van der Waals surface area contributed by atoms with Gasteiger partial charge in [-0.2, -0.15) is 0 Å². The smallest absolute Gasteiger partial charge is 0.306 e. The largest absolute Gasteiger partial charge is 0.462 e. The van der Waals surface area contributed by atoms with Crippen LogP contribution in [0.25, 0.3) is 0 Å². The van der Waals surface area contributed by atoms with Gasteiger partial charge in [-0.25, -0.2) is 0 Å². The van der Waals surface area contributed by atoms with Gasteiger partial charge in [0.05, 0.1) is 0 Å². The second-order valence-corrected chi connectivity index (χ2v) is 18.8. The molecule has 0 aromatic carbocycles. The van der Waals surface area contributed by atoms with Crippen molar-refractivity contribution < 1.29 is 28.6 Å². The highest BCUT2D eigenvalue weighted by atomic mass is 16.6. The van der Waals surface area contributed by atoms with Crippen LogP contribution in [0.3, 0.4) is 0 Å². The second-order valence-electron chi connectivity index (χ2n) is 18.8. The molecule has 6 nitrogen and oxygen atoms in total. The number of esters is 3. The highest BCUT2D eigenvalue weighted by Crippen LogP contribution is 2.14. The maximum Gasteiger partial charge on any atom is 0.306 e. The van der Waals surface area contributed by atoms with Gasteiger partial charge in [-0.3, -0.25) is 14.4 Å². The van der Waals surface area contributed by atoms with E-state index in [1.165, 1.54) is 96.3 Å². The summed E-state index contributed by atoms with van der Waals surface area (Å²) in [6.07, 6.45) is 80.7. The quantitative estimate of drug-likeness (QED) is 0.0261. The molecule has 0 aliphatic heterocycles. The van der Waals surface area contributed by atoms with Crippen LogP contribution in [0.2, 0.25) is 0 Å². The highest BCUT2D eigenvalue weighted by molar-refractivity contribution is 5.71. The molecule has 6 heteroatoms. The number of hydrogen-bond donors (Lipinski definition) is 0. The van der Waals surface area contributed by atoms with Crippen molar-refractivity contribution in [3.8, 4) is 0 Å². The Hall–Kier alpha value is -4.19. The molecule has 0 aromatic heterocycles. The predicted molar refractivity (Wildman–Crippen MR) is 306 cm³/mol. The monoisotopic (exact) mass is 983 g/mol. The molecule has 0 heterocycles. The topological polar surface area (TPSA) is 78.9 Å². The van der Waals surface area contributed by atoms with Crippen LogP contribution in [0, 0.1) is 0 Å². The summed E-state index contributed by atoms with van der Waals surface area (Å²) in [4.78, 5) is 38.1. The number of ether oxygens (including phenoxy) is 3. The molecule has 0 saturated carbocycles. The first-order valence-electron chi connectivity index (χ1n) is 29.0. The molecule has 0 aliphatic rings. The van der Waals surface area contributed by atoms with Crippen LogP contribution in [0.1, 0.15) is 252 Å². The molecule has 0 rings (SSSR count). The zero-order valence-electron chi connectivity index (χ0n) is 45.9. The van der Waals surface area contributed by atoms with Gasteiger partial charge in [-0.05, 0) is 116 Å². The Morgan fingerprint density at radius 2 is 0.577 bits per heavy atom. The maximum atomic E-state index is 12.8. The van der Waals surface area contributed by atoms with Crippen LogP contribution in [0.5, 0.6) is 0 Å². The molecular formula is C65H106O6. The maximum absolute atomic E-state index is 12.8. The third-order valence-corrected chi connectivity index (χ3v) is 11.9. The summed E-state index contributed by atoms with van der Waals surface area (Å²) in [5.41, 5.74) is 0. The Balaban J connectivity index is 4.32. The van der Waals surface area contributed by atoms with Crippen molar-refractivity contribution in [2.45, 2.75) is 258 Å². The number of carbonyl (C=O) groups is 3. The first-order valence-corrected chi connectivity index (χ1v) is 29.0. The van der Waals surface area contributed by atoms with Crippen molar-refractivity contribution in [1.82, 2.24) is 0 Å². The molecule has 0 radical (unpaired) electrons. The number of carbonyl (C=O) groups excluding carboxylic acids is 3. The summed E-state index contributed by atoms with van der Waals surface area (Å²) < 4.78 is 16.8. The van der Waals surface area contributed by atoms with E-state index >= 15 is 0 Å². The molecule has 71 heavy (non-hydrogen) atoms. The number of allylic oxidation sites excluding steroid dienone is 20. The minimum Gasteiger partial charge on any atom is -0.462 e. The molecule has 0 bridgehead atoms. The molecule has 402 valence electrons. The molecule has 1 unspecified atom stereocenters. The molecule has 0 N–H and O–H groups in total. The molecule has 0 aromatic rings. The van der Waals surface area contributed by atoms with Crippen LogP contribution in [-0.4, -0.2) is 37.2 Å². The molecular weight excluding hydrogens is 877 g/mol. The highest BCUT2D eigenvalue weighted by Gasteiger charge is 2.19. The van der Waals surface area contributed by atoms with E-state index in [1.54, 1.807) is 0 Å². The lowest BCUT2D eigenvalue weighted by Gasteiger charge is -2.18. The van der Waals surface area contributed by atoms with E-state index in [4.69, 9.17) is 14.2 Å². The lowest BCUT2D eigenvalue weighted by atomic mass is 10.0. The standard InChI is InChI=1S/C65H106O6/c1-4-7-10-13-16-19-22-25-26-27-28-29-30-31-32-33-34-35-36-37-38-41-43-46-49-52-55-58-64(67)70-61-62(71-65(68)59-56-53-50-47-44-40-24-21-18-15-12-9-6-3)60-69-63(66)57-54-51-48-45-42-39-23-20-17-14-11-8-5-2/h7,9-10,12,16,18-21,23,25-26,28-29,31-32,40,44,50,53,62H,4-6,8,11,13-15,17,22,24,27,30,33-39,41-43,45-49,51-52,54-61H2,1-3H3/b10-7-,12-9-,19-16-,21-18-,23-20-,26-25-,29-28-,32-31-,44-40-,53-50-. The van der Waals surface area contributed by atoms with Crippen LogP contribution in [-0.2, 0) is 28.6 Å². The van der Waals surface area contributed by atoms with Gasteiger partial charge < -0.3 is 14.2 Å². The first kappa shape index (κ1) is 66.8. The Bertz CT molecular complexity index is 1500. The van der Waals surface area contributed by atoms with E-state index in [2.05, 4.69) is 130 Å².